The first-order chi connectivity index (χ1) is 13.8. The van der Waals surface area contributed by atoms with Gasteiger partial charge in [0.1, 0.15) is 13.0 Å². The number of aromatic nitrogens is 1. The molecule has 1 aliphatic carbocycles. The Labute approximate surface area is 179 Å². The molecule has 0 saturated heterocycles. The number of nitrogens with zero attached hydrogens (tertiary/aromatic N) is 2. The van der Waals surface area contributed by atoms with E-state index in [-0.39, 0.29) is 11.3 Å². The van der Waals surface area contributed by atoms with E-state index in [9.17, 15) is 4.79 Å². The van der Waals surface area contributed by atoms with Crippen LogP contribution < -0.4 is 0 Å². The van der Waals surface area contributed by atoms with E-state index in [0.29, 0.717) is 6.73 Å². The molecule has 1 atom stereocenters. The highest BCUT2D eigenvalue weighted by Crippen LogP contribution is 2.56. The summed E-state index contributed by atoms with van der Waals surface area (Å²) in [4.78, 5) is 16.2. The Morgan fingerprint density at radius 2 is 2.14 bits per heavy atom. The Bertz CT molecular complexity index is 711. The molecule has 1 heterocycles. The second-order valence-corrected chi connectivity index (χ2v) is 13.9. The van der Waals surface area contributed by atoms with Gasteiger partial charge in [-0.15, -0.1) is 0 Å². The molecule has 164 valence electrons. The molecule has 1 aromatic rings. The van der Waals surface area contributed by atoms with Gasteiger partial charge in [0, 0.05) is 41.0 Å². The molecule has 0 bridgehead atoms. The fraction of sp³-hybridized carbons (Fsp3) is 0.667. The molecule has 0 amide bonds. The van der Waals surface area contributed by atoms with Crippen LogP contribution in [0.2, 0.25) is 0 Å². The molecule has 0 aliphatic heterocycles. The summed E-state index contributed by atoms with van der Waals surface area (Å²) >= 11 is 0. The molecule has 0 radical (unpaired) electrons. The van der Waals surface area contributed by atoms with E-state index < -0.39 is 10.0 Å². The van der Waals surface area contributed by atoms with Gasteiger partial charge in [-0.3, -0.25) is 4.99 Å². The first kappa shape index (κ1) is 23.9. The van der Waals surface area contributed by atoms with Crippen LogP contribution in [0, 0.1) is 18.3 Å². The summed E-state index contributed by atoms with van der Waals surface area (Å²) in [6.45, 7) is 9.48. The van der Waals surface area contributed by atoms with Crippen LogP contribution in [0.25, 0.3) is 0 Å². The third-order valence-electron chi connectivity index (χ3n) is 6.17. The largest absolute Gasteiger partial charge is 0.360 e. The van der Waals surface area contributed by atoms with Crippen LogP contribution in [0.1, 0.15) is 56.7 Å². The Hall–Kier alpha value is -1.33. The topological polar surface area (TPSA) is 43.6 Å². The normalized spacial score (nSPS) is 17.8. The highest BCUT2D eigenvalue weighted by atomic mass is 32.3. The zero-order valence-electron chi connectivity index (χ0n) is 19.1. The third-order valence-corrected chi connectivity index (χ3v) is 7.56. The second-order valence-electron chi connectivity index (χ2n) is 9.27. The molecular formula is C24H40N2O2S. The highest BCUT2D eigenvalue weighted by molar-refractivity contribution is 8.32. The van der Waals surface area contributed by atoms with Gasteiger partial charge < -0.3 is 14.1 Å². The van der Waals surface area contributed by atoms with Crippen molar-refractivity contribution in [1.29, 1.82) is 0 Å². The van der Waals surface area contributed by atoms with Crippen LogP contribution in [0.3, 0.4) is 0 Å². The van der Waals surface area contributed by atoms with E-state index in [2.05, 4.69) is 61.0 Å². The summed E-state index contributed by atoms with van der Waals surface area (Å²) in [5.41, 5.74) is 3.62. The summed E-state index contributed by atoms with van der Waals surface area (Å²) in [5.74, 6) is 1.32. The van der Waals surface area contributed by atoms with Crippen LogP contribution >= 0.6 is 10.0 Å². The zero-order chi connectivity index (χ0) is 21.5. The molecule has 1 fully saturated rings. The lowest BCUT2D eigenvalue weighted by atomic mass is 9.82. The van der Waals surface area contributed by atoms with E-state index in [4.69, 9.17) is 4.74 Å². The van der Waals surface area contributed by atoms with Crippen LogP contribution in [0.5, 0.6) is 0 Å². The van der Waals surface area contributed by atoms with Gasteiger partial charge in [0.15, 0.2) is 0 Å². The number of aliphatic imine (C=N–C) groups is 1. The van der Waals surface area contributed by atoms with Gasteiger partial charge in [-0.1, -0.05) is 19.9 Å². The molecule has 5 heteroatoms. The van der Waals surface area contributed by atoms with Crippen molar-refractivity contribution in [2.75, 3.05) is 31.1 Å². The smallest absolute Gasteiger partial charge is 0.123 e. The predicted molar refractivity (Wildman–Crippen MR) is 127 cm³/mol. The van der Waals surface area contributed by atoms with Gasteiger partial charge in [-0.25, -0.2) is 10.0 Å². The number of ether oxygens (including phenoxy) is 1. The van der Waals surface area contributed by atoms with Gasteiger partial charge in [0.05, 0.1) is 6.61 Å². The number of rotatable bonds is 14. The third kappa shape index (κ3) is 6.85. The molecule has 1 saturated carbocycles. The number of carbonyl (C=O) groups is 1. The van der Waals surface area contributed by atoms with Crippen LogP contribution in [0.15, 0.2) is 30.0 Å². The van der Waals surface area contributed by atoms with E-state index in [1.54, 1.807) is 6.20 Å². The Morgan fingerprint density at radius 1 is 1.41 bits per heavy atom. The average molecular weight is 421 g/mol. The monoisotopic (exact) mass is 420 g/mol. The first-order valence-electron chi connectivity index (χ1n) is 10.8. The number of hydrogen-bond donors (Lipinski definition) is 0. The summed E-state index contributed by atoms with van der Waals surface area (Å²) in [6, 6.07) is 2.14. The maximum Gasteiger partial charge on any atom is 0.123 e. The van der Waals surface area contributed by atoms with Crippen molar-refractivity contribution >= 4 is 22.0 Å². The molecule has 2 rings (SSSR count). The van der Waals surface area contributed by atoms with Gasteiger partial charge >= 0.3 is 0 Å². The van der Waals surface area contributed by atoms with Gasteiger partial charge in [-0.2, -0.15) is 0 Å². The summed E-state index contributed by atoms with van der Waals surface area (Å²) in [6.07, 6.45) is 18.2. The molecule has 4 nitrogen and oxygen atoms in total. The van der Waals surface area contributed by atoms with Crippen molar-refractivity contribution in [3.63, 3.8) is 0 Å². The predicted octanol–water partition coefficient (Wildman–Crippen LogP) is 5.57. The van der Waals surface area contributed by atoms with Crippen molar-refractivity contribution in [2.24, 2.45) is 16.3 Å². The SMILES string of the molecule is C=C/N=C(/CCC1(C(C=O)CCC)CC1)c1ccn(COCCS(C)(C)C)c1C. The minimum atomic E-state index is -0.523. The first-order valence-corrected chi connectivity index (χ1v) is 13.8. The van der Waals surface area contributed by atoms with Crippen LogP contribution in [-0.2, 0) is 16.3 Å². The van der Waals surface area contributed by atoms with Crippen molar-refractivity contribution in [3.05, 3.63) is 36.3 Å². The van der Waals surface area contributed by atoms with Crippen molar-refractivity contribution in [2.45, 2.75) is 59.1 Å². The zero-order valence-corrected chi connectivity index (χ0v) is 19.9. The molecular weight excluding hydrogens is 380 g/mol. The minimum Gasteiger partial charge on any atom is -0.360 e. The van der Waals surface area contributed by atoms with E-state index >= 15 is 0 Å². The van der Waals surface area contributed by atoms with E-state index in [1.165, 1.54) is 30.4 Å². The minimum absolute atomic E-state index is 0.196. The highest BCUT2D eigenvalue weighted by Gasteiger charge is 2.48. The summed E-state index contributed by atoms with van der Waals surface area (Å²) in [5, 5.41) is 0. The molecule has 0 N–H and O–H groups in total. The lowest BCUT2D eigenvalue weighted by Crippen LogP contribution is -2.19. The van der Waals surface area contributed by atoms with Crippen LogP contribution in [-0.4, -0.2) is 47.7 Å². The Morgan fingerprint density at radius 3 is 2.69 bits per heavy atom. The van der Waals surface area contributed by atoms with Gasteiger partial charge in [0.2, 0.25) is 0 Å². The van der Waals surface area contributed by atoms with Crippen molar-refractivity contribution < 1.29 is 9.53 Å². The van der Waals surface area contributed by atoms with E-state index in [0.717, 1.165) is 43.8 Å². The van der Waals surface area contributed by atoms with Crippen molar-refractivity contribution in [3.8, 4) is 0 Å². The molecule has 0 spiro atoms. The number of hydrogen-bond acceptors (Lipinski definition) is 3. The number of aldehydes is 1. The molecule has 1 unspecified atom stereocenters. The van der Waals surface area contributed by atoms with E-state index in [1.807, 2.05) is 0 Å². The average Bonchev–Trinajstić information content (AvgIpc) is 3.37. The summed E-state index contributed by atoms with van der Waals surface area (Å²) in [7, 11) is -0.523. The quantitative estimate of drug-likeness (QED) is 0.224. The Kier molecular flexibility index (Phi) is 8.77. The van der Waals surface area contributed by atoms with Crippen LogP contribution in [0.4, 0.5) is 0 Å². The standard InChI is InChI=1S/C24H40N2O2S/c1-7-9-21(18-27)24(13-14-24)12-10-23(25-8-2)22-11-15-26(20(22)3)19-28-16-17-29(4,5)6/h8,11,15,18,21H,2,7,9-10,12-14,16-17,19H2,1,3-6H3/b25-23-. The number of carbonyl (C=O) groups excluding carboxylic acids is 1. The molecule has 29 heavy (non-hydrogen) atoms. The fourth-order valence-corrected chi connectivity index (χ4v) is 4.63. The lowest BCUT2D eigenvalue weighted by molar-refractivity contribution is -0.113. The summed E-state index contributed by atoms with van der Waals surface area (Å²) < 4.78 is 8.07. The lowest BCUT2D eigenvalue weighted by Gasteiger charge is -2.24. The molecule has 1 aliphatic rings. The Balaban J connectivity index is 2.01. The fourth-order valence-electron chi connectivity index (χ4n) is 4.01. The van der Waals surface area contributed by atoms with Gasteiger partial charge in [0.25, 0.3) is 0 Å². The molecule has 1 aromatic heterocycles. The second kappa shape index (κ2) is 10.6. The maximum atomic E-state index is 11.6. The molecule has 0 aromatic carbocycles. The maximum absolute atomic E-state index is 11.6. The van der Waals surface area contributed by atoms with Crippen molar-refractivity contribution in [1.82, 2.24) is 4.57 Å². The van der Waals surface area contributed by atoms with Gasteiger partial charge in [-0.05, 0) is 69.3 Å².